The van der Waals surface area contributed by atoms with Crippen LogP contribution in [0.15, 0.2) is 17.0 Å². The molecule has 0 aliphatic heterocycles. The van der Waals surface area contributed by atoms with E-state index in [1.54, 1.807) is 20.9 Å². The van der Waals surface area contributed by atoms with Crippen LogP contribution in [0.25, 0.3) is 0 Å². The SMILES string of the molecule is CNCc1cc(F)c(C)c(S(=O)(=O)N(C)C(C)C)c1. The molecule has 1 rings (SSSR count). The molecule has 1 aromatic rings. The highest BCUT2D eigenvalue weighted by atomic mass is 32.2. The molecule has 0 radical (unpaired) electrons. The van der Waals surface area contributed by atoms with E-state index in [9.17, 15) is 12.8 Å². The van der Waals surface area contributed by atoms with E-state index in [0.29, 0.717) is 12.1 Å². The fraction of sp³-hybridized carbons (Fsp3) is 0.538. The molecule has 0 aliphatic rings. The number of nitrogens with zero attached hydrogens (tertiary/aromatic N) is 1. The highest BCUT2D eigenvalue weighted by Crippen LogP contribution is 2.24. The maximum absolute atomic E-state index is 13.8. The molecule has 0 saturated carbocycles. The van der Waals surface area contributed by atoms with Gasteiger partial charge in [-0.15, -0.1) is 0 Å². The third-order valence-corrected chi connectivity index (χ3v) is 5.28. The lowest BCUT2D eigenvalue weighted by atomic mass is 10.1. The number of rotatable bonds is 5. The van der Waals surface area contributed by atoms with Crippen LogP contribution in [0.2, 0.25) is 0 Å². The molecule has 4 nitrogen and oxygen atoms in total. The van der Waals surface area contributed by atoms with Crippen molar-refractivity contribution in [1.29, 1.82) is 0 Å². The van der Waals surface area contributed by atoms with Crippen LogP contribution in [0.5, 0.6) is 0 Å². The summed E-state index contributed by atoms with van der Waals surface area (Å²) >= 11 is 0. The van der Waals surface area contributed by atoms with Gasteiger partial charge in [-0.3, -0.25) is 0 Å². The Hall–Kier alpha value is -0.980. The predicted molar refractivity (Wildman–Crippen MR) is 74.0 cm³/mol. The summed E-state index contributed by atoms with van der Waals surface area (Å²) in [5.74, 6) is -0.497. The van der Waals surface area contributed by atoms with Gasteiger partial charge in [-0.2, -0.15) is 4.31 Å². The zero-order chi connectivity index (χ0) is 14.8. The number of sulfonamides is 1. The predicted octanol–water partition coefficient (Wildman–Crippen LogP) is 1.88. The molecule has 0 bridgehead atoms. The molecule has 0 amide bonds. The summed E-state index contributed by atoms with van der Waals surface area (Å²) in [6.45, 7) is 5.46. The van der Waals surface area contributed by atoms with Crippen LogP contribution >= 0.6 is 0 Å². The van der Waals surface area contributed by atoms with E-state index < -0.39 is 15.8 Å². The molecular formula is C13H21FN2O2S. The summed E-state index contributed by atoms with van der Waals surface area (Å²) in [6.07, 6.45) is 0. The van der Waals surface area contributed by atoms with Gasteiger partial charge in [-0.05, 0) is 45.5 Å². The highest BCUT2D eigenvalue weighted by molar-refractivity contribution is 7.89. The maximum Gasteiger partial charge on any atom is 0.243 e. The molecule has 0 aliphatic carbocycles. The van der Waals surface area contributed by atoms with Crippen molar-refractivity contribution in [2.45, 2.75) is 38.3 Å². The zero-order valence-electron chi connectivity index (χ0n) is 12.0. The minimum absolute atomic E-state index is 0.0361. The number of benzene rings is 1. The molecular weight excluding hydrogens is 267 g/mol. The minimum Gasteiger partial charge on any atom is -0.316 e. The summed E-state index contributed by atoms with van der Waals surface area (Å²) in [5, 5.41) is 2.89. The maximum atomic E-state index is 13.8. The van der Waals surface area contributed by atoms with Crippen molar-refractivity contribution in [2.24, 2.45) is 0 Å². The lowest BCUT2D eigenvalue weighted by Gasteiger charge is -2.22. The normalized spacial score (nSPS) is 12.4. The summed E-state index contributed by atoms with van der Waals surface area (Å²) in [7, 11) is -0.436. The van der Waals surface area contributed by atoms with E-state index in [4.69, 9.17) is 0 Å². The first-order valence-electron chi connectivity index (χ1n) is 6.13. The average molecular weight is 288 g/mol. The highest BCUT2D eigenvalue weighted by Gasteiger charge is 2.26. The second kappa shape index (κ2) is 5.98. The van der Waals surface area contributed by atoms with Gasteiger partial charge >= 0.3 is 0 Å². The Morgan fingerprint density at radius 3 is 2.42 bits per heavy atom. The van der Waals surface area contributed by atoms with Gasteiger partial charge in [-0.1, -0.05) is 0 Å². The Kier molecular flexibility index (Phi) is 5.06. The van der Waals surface area contributed by atoms with Gasteiger partial charge in [0.1, 0.15) is 5.82 Å². The Morgan fingerprint density at radius 1 is 1.37 bits per heavy atom. The molecule has 0 fully saturated rings. The minimum atomic E-state index is -3.67. The molecule has 0 unspecified atom stereocenters. The van der Waals surface area contributed by atoms with E-state index in [2.05, 4.69) is 5.32 Å². The zero-order valence-corrected chi connectivity index (χ0v) is 12.8. The molecule has 108 valence electrons. The van der Waals surface area contributed by atoms with Crippen molar-refractivity contribution >= 4 is 10.0 Å². The van der Waals surface area contributed by atoms with Crippen molar-refractivity contribution in [2.75, 3.05) is 14.1 Å². The van der Waals surface area contributed by atoms with Gasteiger partial charge in [-0.25, -0.2) is 12.8 Å². The number of halogens is 1. The topological polar surface area (TPSA) is 49.4 Å². The van der Waals surface area contributed by atoms with Gasteiger partial charge < -0.3 is 5.32 Å². The second-order valence-corrected chi connectivity index (χ2v) is 6.81. The van der Waals surface area contributed by atoms with Crippen LogP contribution in [-0.4, -0.2) is 32.9 Å². The number of hydrogen-bond donors (Lipinski definition) is 1. The van der Waals surface area contributed by atoms with Crippen LogP contribution < -0.4 is 5.32 Å². The van der Waals surface area contributed by atoms with Crippen LogP contribution in [-0.2, 0) is 16.6 Å². The number of nitrogens with one attached hydrogen (secondary N) is 1. The van der Waals surface area contributed by atoms with Gasteiger partial charge in [0.25, 0.3) is 0 Å². The smallest absolute Gasteiger partial charge is 0.243 e. The van der Waals surface area contributed by atoms with Gasteiger partial charge in [0.15, 0.2) is 0 Å². The molecule has 19 heavy (non-hydrogen) atoms. The van der Waals surface area contributed by atoms with Crippen LogP contribution in [0.4, 0.5) is 4.39 Å². The Bertz CT molecular complexity index is 556. The molecule has 0 heterocycles. The van der Waals surface area contributed by atoms with Crippen LogP contribution in [0.1, 0.15) is 25.0 Å². The molecule has 1 aromatic carbocycles. The quantitative estimate of drug-likeness (QED) is 0.900. The first kappa shape index (κ1) is 16.1. The molecule has 0 saturated heterocycles. The summed E-state index contributed by atoms with van der Waals surface area (Å²) in [6, 6.07) is 2.71. The van der Waals surface area contributed by atoms with Gasteiger partial charge in [0.05, 0.1) is 4.90 Å². The van der Waals surface area contributed by atoms with Crippen molar-refractivity contribution in [3.05, 3.63) is 29.1 Å². The summed E-state index contributed by atoms with van der Waals surface area (Å²) < 4.78 is 40.0. The van der Waals surface area contributed by atoms with Gasteiger partial charge in [0, 0.05) is 25.2 Å². The largest absolute Gasteiger partial charge is 0.316 e. The lowest BCUT2D eigenvalue weighted by molar-refractivity contribution is 0.409. The second-order valence-electron chi connectivity index (χ2n) is 4.85. The standard InChI is InChI=1S/C13H21FN2O2S/c1-9(2)16(5)19(17,18)13-7-11(8-15-4)6-12(14)10(13)3/h6-7,9,15H,8H2,1-5H3. The fourth-order valence-corrected chi connectivity index (χ4v) is 3.36. The molecule has 0 spiro atoms. The first-order chi connectivity index (χ1) is 8.71. The fourth-order valence-electron chi connectivity index (χ4n) is 1.71. The van der Waals surface area contributed by atoms with Crippen molar-refractivity contribution in [1.82, 2.24) is 9.62 Å². The van der Waals surface area contributed by atoms with E-state index in [0.717, 1.165) is 0 Å². The van der Waals surface area contributed by atoms with E-state index in [1.807, 2.05) is 0 Å². The molecule has 0 atom stereocenters. The number of hydrogen-bond acceptors (Lipinski definition) is 3. The van der Waals surface area contributed by atoms with E-state index in [1.165, 1.54) is 30.4 Å². The van der Waals surface area contributed by atoms with E-state index in [-0.39, 0.29) is 16.5 Å². The summed E-state index contributed by atoms with van der Waals surface area (Å²) in [5.41, 5.74) is 0.772. The van der Waals surface area contributed by atoms with Crippen molar-refractivity contribution in [3.8, 4) is 0 Å². The van der Waals surface area contributed by atoms with Crippen molar-refractivity contribution in [3.63, 3.8) is 0 Å². The third-order valence-electron chi connectivity index (χ3n) is 3.12. The van der Waals surface area contributed by atoms with Crippen LogP contribution in [0.3, 0.4) is 0 Å². The van der Waals surface area contributed by atoms with Crippen molar-refractivity contribution < 1.29 is 12.8 Å². The first-order valence-corrected chi connectivity index (χ1v) is 7.57. The van der Waals surface area contributed by atoms with Gasteiger partial charge in [0.2, 0.25) is 10.0 Å². The average Bonchev–Trinajstić information content (AvgIpc) is 2.32. The Morgan fingerprint density at radius 2 is 1.95 bits per heavy atom. The molecule has 0 aromatic heterocycles. The molecule has 1 N–H and O–H groups in total. The third kappa shape index (κ3) is 3.32. The van der Waals surface area contributed by atoms with E-state index >= 15 is 0 Å². The monoisotopic (exact) mass is 288 g/mol. The Labute approximate surface area is 114 Å². The Balaban J connectivity index is 3.41. The lowest BCUT2D eigenvalue weighted by Crippen LogP contribution is -2.33. The molecule has 6 heteroatoms. The van der Waals surface area contributed by atoms with Crippen LogP contribution in [0, 0.1) is 12.7 Å². The summed E-state index contributed by atoms with van der Waals surface area (Å²) in [4.78, 5) is 0.0361.